The molecule has 3 N–H and O–H groups in total. The Labute approximate surface area is 109 Å². The van der Waals surface area contributed by atoms with E-state index in [-0.39, 0.29) is 6.04 Å². The van der Waals surface area contributed by atoms with Crippen molar-refractivity contribution in [2.75, 3.05) is 5.73 Å². The van der Waals surface area contributed by atoms with Crippen molar-refractivity contribution >= 4 is 15.7 Å². The van der Waals surface area contributed by atoms with Crippen LogP contribution in [0.3, 0.4) is 0 Å². The molecule has 4 nitrogen and oxygen atoms in total. The fourth-order valence-electron chi connectivity index (χ4n) is 2.44. The van der Waals surface area contributed by atoms with E-state index in [2.05, 4.69) is 4.72 Å². The summed E-state index contributed by atoms with van der Waals surface area (Å²) in [5, 5.41) is 0. The monoisotopic (exact) mass is 268 g/mol. The summed E-state index contributed by atoms with van der Waals surface area (Å²) in [6, 6.07) is 5.17. The third-order valence-electron chi connectivity index (χ3n) is 3.44. The Hall–Kier alpha value is -1.07. The Morgan fingerprint density at radius 3 is 2.61 bits per heavy atom. The van der Waals surface area contributed by atoms with Gasteiger partial charge in [0, 0.05) is 11.7 Å². The second kappa shape index (κ2) is 5.28. The second-order valence-electron chi connectivity index (χ2n) is 4.82. The number of nitrogens with two attached hydrogens (primary N) is 1. The minimum absolute atomic E-state index is 0.0844. The molecule has 0 amide bonds. The molecule has 0 saturated heterocycles. The van der Waals surface area contributed by atoms with E-state index < -0.39 is 10.0 Å². The Balaban J connectivity index is 2.30. The predicted octanol–water partition coefficient (Wildman–Crippen LogP) is 2.05. The minimum Gasteiger partial charge on any atom is -0.399 e. The van der Waals surface area contributed by atoms with Crippen molar-refractivity contribution in [3.63, 3.8) is 0 Å². The number of nitrogens with one attached hydrogen (secondary N) is 1. The zero-order valence-electron chi connectivity index (χ0n) is 10.6. The van der Waals surface area contributed by atoms with Gasteiger partial charge in [-0.25, -0.2) is 13.1 Å². The number of hydrogen-bond acceptors (Lipinski definition) is 3. The van der Waals surface area contributed by atoms with Crippen LogP contribution in [0, 0.1) is 0 Å². The lowest BCUT2D eigenvalue weighted by Gasteiger charge is -2.15. The van der Waals surface area contributed by atoms with E-state index in [4.69, 9.17) is 5.73 Å². The van der Waals surface area contributed by atoms with Crippen molar-refractivity contribution in [3.05, 3.63) is 23.8 Å². The molecule has 0 unspecified atom stereocenters. The Kier molecular flexibility index (Phi) is 3.92. The number of benzene rings is 1. The smallest absolute Gasteiger partial charge is 0.241 e. The van der Waals surface area contributed by atoms with Crippen LogP contribution in [0.25, 0.3) is 0 Å². The van der Waals surface area contributed by atoms with Gasteiger partial charge < -0.3 is 5.73 Å². The van der Waals surface area contributed by atoms with Crippen molar-refractivity contribution < 1.29 is 8.42 Å². The molecule has 1 aromatic rings. The topological polar surface area (TPSA) is 72.2 Å². The van der Waals surface area contributed by atoms with Gasteiger partial charge >= 0.3 is 0 Å². The van der Waals surface area contributed by atoms with Crippen molar-refractivity contribution in [3.8, 4) is 0 Å². The van der Waals surface area contributed by atoms with Crippen molar-refractivity contribution in [2.45, 2.75) is 50.0 Å². The maximum absolute atomic E-state index is 12.4. The number of nitrogen functional groups attached to an aromatic ring is 1. The first-order valence-electron chi connectivity index (χ1n) is 6.43. The molecular formula is C13H20N2O2S. The van der Waals surface area contributed by atoms with Gasteiger partial charge in [-0.05, 0) is 37.0 Å². The predicted molar refractivity (Wildman–Crippen MR) is 72.8 cm³/mol. The SMILES string of the molecule is CCc1ccc(N)cc1S(=O)(=O)NC1CCCC1. The lowest BCUT2D eigenvalue weighted by molar-refractivity contribution is 0.551. The normalized spacial score (nSPS) is 17.2. The number of anilines is 1. The molecule has 100 valence electrons. The first kappa shape index (κ1) is 13.4. The van der Waals surface area contributed by atoms with Crippen LogP contribution in [-0.2, 0) is 16.4 Å². The molecule has 0 aromatic heterocycles. The summed E-state index contributed by atoms with van der Waals surface area (Å²) in [5.74, 6) is 0. The maximum atomic E-state index is 12.4. The third kappa shape index (κ3) is 2.84. The number of aryl methyl sites for hydroxylation is 1. The van der Waals surface area contributed by atoms with Gasteiger partial charge in [0.25, 0.3) is 0 Å². The van der Waals surface area contributed by atoms with Crippen LogP contribution in [0.4, 0.5) is 5.69 Å². The van der Waals surface area contributed by atoms with E-state index in [1.165, 1.54) is 0 Å². The van der Waals surface area contributed by atoms with E-state index in [9.17, 15) is 8.42 Å². The number of hydrogen-bond donors (Lipinski definition) is 2. The third-order valence-corrected chi connectivity index (χ3v) is 5.04. The van der Waals surface area contributed by atoms with Gasteiger partial charge in [-0.1, -0.05) is 25.8 Å². The van der Waals surface area contributed by atoms with Gasteiger partial charge in [0.15, 0.2) is 0 Å². The average Bonchev–Trinajstić information content (AvgIpc) is 2.81. The lowest BCUT2D eigenvalue weighted by Crippen LogP contribution is -2.33. The highest BCUT2D eigenvalue weighted by atomic mass is 32.2. The summed E-state index contributed by atoms with van der Waals surface area (Å²) in [5.41, 5.74) is 6.99. The first-order valence-corrected chi connectivity index (χ1v) is 7.92. The van der Waals surface area contributed by atoms with Gasteiger partial charge in [-0.2, -0.15) is 0 Å². The van der Waals surface area contributed by atoms with E-state index in [0.717, 1.165) is 31.2 Å². The molecule has 1 aliphatic carbocycles. The second-order valence-corrected chi connectivity index (χ2v) is 6.51. The van der Waals surface area contributed by atoms with E-state index in [1.54, 1.807) is 18.2 Å². The van der Waals surface area contributed by atoms with E-state index in [0.29, 0.717) is 17.0 Å². The molecule has 0 aliphatic heterocycles. The summed E-state index contributed by atoms with van der Waals surface area (Å²) in [4.78, 5) is 0.330. The van der Waals surface area contributed by atoms with Crippen molar-refractivity contribution in [2.24, 2.45) is 0 Å². The number of rotatable bonds is 4. The zero-order valence-corrected chi connectivity index (χ0v) is 11.5. The molecule has 0 heterocycles. The first-order chi connectivity index (χ1) is 8.53. The highest BCUT2D eigenvalue weighted by Gasteiger charge is 2.24. The van der Waals surface area contributed by atoms with Crippen LogP contribution < -0.4 is 10.5 Å². The summed E-state index contributed by atoms with van der Waals surface area (Å²) in [6.07, 6.45) is 4.75. The fraction of sp³-hybridized carbons (Fsp3) is 0.538. The fourth-order valence-corrected chi connectivity index (χ4v) is 4.09. The Bertz CT molecular complexity index is 520. The molecule has 1 fully saturated rings. The molecule has 1 aromatic carbocycles. The van der Waals surface area contributed by atoms with Crippen LogP contribution in [-0.4, -0.2) is 14.5 Å². The van der Waals surface area contributed by atoms with Gasteiger partial charge in [0.05, 0.1) is 4.90 Å². The molecule has 0 spiro atoms. The van der Waals surface area contributed by atoms with Crippen LogP contribution in [0.1, 0.15) is 38.2 Å². The van der Waals surface area contributed by atoms with Crippen LogP contribution in [0.15, 0.2) is 23.1 Å². The van der Waals surface area contributed by atoms with Crippen molar-refractivity contribution in [1.29, 1.82) is 0 Å². The molecule has 0 atom stereocenters. The molecule has 18 heavy (non-hydrogen) atoms. The van der Waals surface area contributed by atoms with E-state index >= 15 is 0 Å². The molecule has 0 radical (unpaired) electrons. The summed E-state index contributed by atoms with van der Waals surface area (Å²) in [6.45, 7) is 1.94. The van der Waals surface area contributed by atoms with Crippen molar-refractivity contribution in [1.82, 2.24) is 4.72 Å². The number of sulfonamides is 1. The van der Waals surface area contributed by atoms with Crippen LogP contribution in [0.5, 0.6) is 0 Å². The highest BCUT2D eigenvalue weighted by molar-refractivity contribution is 7.89. The average molecular weight is 268 g/mol. The molecule has 2 rings (SSSR count). The molecular weight excluding hydrogens is 248 g/mol. The molecule has 1 saturated carbocycles. The van der Waals surface area contributed by atoms with Gasteiger partial charge in [0.2, 0.25) is 10.0 Å². The molecule has 1 aliphatic rings. The lowest BCUT2D eigenvalue weighted by atomic mass is 10.1. The maximum Gasteiger partial charge on any atom is 0.241 e. The minimum atomic E-state index is -3.44. The van der Waals surface area contributed by atoms with E-state index in [1.807, 2.05) is 6.92 Å². The van der Waals surface area contributed by atoms with Gasteiger partial charge in [-0.15, -0.1) is 0 Å². The zero-order chi connectivity index (χ0) is 13.2. The summed E-state index contributed by atoms with van der Waals surface area (Å²) < 4.78 is 27.5. The molecule has 5 heteroatoms. The van der Waals surface area contributed by atoms with Crippen LogP contribution in [0.2, 0.25) is 0 Å². The van der Waals surface area contributed by atoms with Gasteiger partial charge in [0.1, 0.15) is 0 Å². The molecule has 0 bridgehead atoms. The Morgan fingerprint density at radius 1 is 1.33 bits per heavy atom. The standard InChI is InChI=1S/C13H20N2O2S/c1-2-10-7-8-11(14)9-13(10)18(16,17)15-12-5-3-4-6-12/h7-9,12,15H,2-6,14H2,1H3. The quantitative estimate of drug-likeness (QED) is 0.821. The largest absolute Gasteiger partial charge is 0.399 e. The Morgan fingerprint density at radius 2 is 2.00 bits per heavy atom. The highest BCUT2D eigenvalue weighted by Crippen LogP contribution is 2.23. The van der Waals surface area contributed by atoms with Crippen LogP contribution >= 0.6 is 0 Å². The van der Waals surface area contributed by atoms with Gasteiger partial charge in [-0.3, -0.25) is 0 Å². The summed E-state index contributed by atoms with van der Waals surface area (Å²) in [7, 11) is -3.44. The summed E-state index contributed by atoms with van der Waals surface area (Å²) >= 11 is 0.